The van der Waals surface area contributed by atoms with E-state index in [0.717, 1.165) is 23.7 Å². The second-order valence-corrected chi connectivity index (χ2v) is 12.8. The summed E-state index contributed by atoms with van der Waals surface area (Å²) in [6, 6.07) is 9.19. The Kier molecular flexibility index (Phi) is 5.83. The van der Waals surface area contributed by atoms with Crippen molar-refractivity contribution in [3.05, 3.63) is 70.5 Å². The molecule has 0 bridgehead atoms. The Labute approximate surface area is 215 Å². The molecule has 1 unspecified atom stereocenters. The third-order valence-corrected chi connectivity index (χ3v) is 9.12. The highest BCUT2D eigenvalue weighted by atomic mass is 32.2. The Morgan fingerprint density at radius 1 is 1.08 bits per heavy atom. The lowest BCUT2D eigenvalue weighted by molar-refractivity contribution is 0.374. The molecule has 0 radical (unpaired) electrons. The number of hydrogen-bond acceptors (Lipinski definition) is 7. The molecule has 11 heteroatoms. The van der Waals surface area contributed by atoms with Crippen LogP contribution in [0.5, 0.6) is 11.5 Å². The van der Waals surface area contributed by atoms with Gasteiger partial charge < -0.3 is 14.7 Å². The summed E-state index contributed by atoms with van der Waals surface area (Å²) in [7, 11) is -8.07. The van der Waals surface area contributed by atoms with Crippen LogP contribution in [0, 0.1) is 0 Å². The number of likely N-dealkylation sites (N-methyl/N-ethyl adjacent to an activating group) is 1. The molecule has 0 saturated carbocycles. The van der Waals surface area contributed by atoms with Gasteiger partial charge in [-0.1, -0.05) is 44.2 Å². The molecule has 196 valence electrons. The first-order chi connectivity index (χ1) is 17.2. The minimum absolute atomic E-state index is 0.00846. The smallest absolute Gasteiger partial charge is 0.302 e. The van der Waals surface area contributed by atoms with Gasteiger partial charge in [0.1, 0.15) is 10.7 Å². The molecule has 2 aromatic rings. The third kappa shape index (κ3) is 4.15. The van der Waals surface area contributed by atoms with Crippen molar-refractivity contribution in [2.24, 2.45) is 0 Å². The second kappa shape index (κ2) is 8.45. The highest BCUT2D eigenvalue weighted by Gasteiger charge is 2.41. The Morgan fingerprint density at radius 2 is 1.78 bits per heavy atom. The average Bonchev–Trinajstić information content (AvgIpc) is 2.99. The number of allylic oxidation sites excluding steroid dienone is 3. The van der Waals surface area contributed by atoms with Crippen LogP contribution >= 0.6 is 0 Å². The fourth-order valence-corrected chi connectivity index (χ4v) is 7.03. The van der Waals surface area contributed by atoms with E-state index in [1.54, 1.807) is 6.08 Å². The number of phenolic OH excluding ortho intramolecular Hbond substituents is 1. The summed E-state index contributed by atoms with van der Waals surface area (Å²) in [6.07, 6.45) is 7.64. The summed E-state index contributed by atoms with van der Waals surface area (Å²) < 4.78 is 73.1. The molecule has 2 aromatic carbocycles. The van der Waals surface area contributed by atoms with E-state index in [-0.39, 0.29) is 17.0 Å². The SMILES string of the molecule is CN1c2ccccc2C(C)(C)C1/C=C/C1=C2Oc3c(cc(S(=O)(=O)O)c(O)c3S(=O)(=O)O)C=C2CCC1. The van der Waals surface area contributed by atoms with E-state index in [1.165, 1.54) is 5.56 Å². The normalized spacial score (nSPS) is 20.8. The Balaban J connectivity index is 1.61. The van der Waals surface area contributed by atoms with E-state index >= 15 is 0 Å². The zero-order valence-electron chi connectivity index (χ0n) is 20.5. The van der Waals surface area contributed by atoms with Gasteiger partial charge in [0.25, 0.3) is 10.1 Å². The first-order valence-electron chi connectivity index (χ1n) is 11.7. The Hall–Kier alpha value is -3.12. The van der Waals surface area contributed by atoms with Gasteiger partial charge in [0, 0.05) is 23.7 Å². The fourth-order valence-electron chi connectivity index (χ4n) is 5.59. The van der Waals surface area contributed by atoms with Crippen LogP contribution in [0.1, 0.15) is 44.2 Å². The van der Waals surface area contributed by atoms with E-state index in [0.29, 0.717) is 24.2 Å². The number of anilines is 1. The quantitative estimate of drug-likeness (QED) is 0.475. The van der Waals surface area contributed by atoms with Gasteiger partial charge in [-0.2, -0.15) is 16.8 Å². The topological polar surface area (TPSA) is 141 Å². The maximum atomic E-state index is 12.1. The maximum absolute atomic E-state index is 12.1. The van der Waals surface area contributed by atoms with Crippen LogP contribution in [0.2, 0.25) is 0 Å². The number of nitrogens with zero attached hydrogens (tertiary/aromatic N) is 1. The van der Waals surface area contributed by atoms with Crippen LogP contribution in [0.4, 0.5) is 5.69 Å². The largest absolute Gasteiger partial charge is 0.505 e. The third-order valence-electron chi connectivity index (χ3n) is 7.36. The summed E-state index contributed by atoms with van der Waals surface area (Å²) in [5, 5.41) is 10.4. The van der Waals surface area contributed by atoms with Crippen LogP contribution in [-0.4, -0.2) is 44.1 Å². The molecule has 2 aliphatic heterocycles. The average molecular weight is 546 g/mol. The number of phenols is 1. The zero-order chi connectivity index (χ0) is 26.9. The van der Waals surface area contributed by atoms with Crippen LogP contribution in [0.15, 0.2) is 69.2 Å². The van der Waals surface area contributed by atoms with E-state index in [4.69, 9.17) is 4.74 Å². The van der Waals surface area contributed by atoms with Crippen LogP contribution in [-0.2, 0) is 25.7 Å². The number of rotatable bonds is 4. The van der Waals surface area contributed by atoms with Gasteiger partial charge in [-0.3, -0.25) is 9.11 Å². The summed E-state index contributed by atoms with van der Waals surface area (Å²) >= 11 is 0. The molecule has 0 saturated heterocycles. The van der Waals surface area contributed by atoms with Crippen LogP contribution < -0.4 is 9.64 Å². The van der Waals surface area contributed by atoms with Crippen molar-refractivity contribution < 1.29 is 35.8 Å². The number of hydrogen-bond donors (Lipinski definition) is 3. The molecular formula is C26H27NO8S2. The number of ether oxygens (including phenoxy) is 1. The molecule has 0 spiro atoms. The highest BCUT2D eigenvalue weighted by Crippen LogP contribution is 2.48. The van der Waals surface area contributed by atoms with Crippen molar-refractivity contribution in [2.75, 3.05) is 11.9 Å². The first kappa shape index (κ1) is 25.5. The molecule has 5 rings (SSSR count). The molecule has 37 heavy (non-hydrogen) atoms. The van der Waals surface area contributed by atoms with Crippen molar-refractivity contribution in [2.45, 2.75) is 54.4 Å². The van der Waals surface area contributed by atoms with Gasteiger partial charge >= 0.3 is 10.1 Å². The summed E-state index contributed by atoms with van der Waals surface area (Å²) in [5.41, 5.74) is 3.75. The summed E-state index contributed by atoms with van der Waals surface area (Å²) in [6.45, 7) is 4.35. The van der Waals surface area contributed by atoms with E-state index in [2.05, 4.69) is 37.0 Å². The molecule has 1 atom stereocenters. The highest BCUT2D eigenvalue weighted by molar-refractivity contribution is 7.87. The van der Waals surface area contributed by atoms with Gasteiger partial charge in [0.15, 0.2) is 16.4 Å². The predicted octanol–water partition coefficient (Wildman–Crippen LogP) is 4.45. The number of benzene rings is 2. The molecule has 1 aliphatic carbocycles. The van der Waals surface area contributed by atoms with Crippen molar-refractivity contribution in [3.8, 4) is 11.5 Å². The van der Waals surface area contributed by atoms with Crippen LogP contribution in [0.25, 0.3) is 6.08 Å². The van der Waals surface area contributed by atoms with E-state index < -0.39 is 41.5 Å². The van der Waals surface area contributed by atoms with Gasteiger partial charge in [-0.15, -0.1) is 0 Å². The fraction of sp³-hybridized carbons (Fsp3) is 0.308. The molecule has 0 fully saturated rings. The molecule has 3 N–H and O–H groups in total. The summed E-state index contributed by atoms with van der Waals surface area (Å²) in [5.74, 6) is -1.30. The van der Waals surface area contributed by atoms with Crippen LogP contribution in [0.3, 0.4) is 0 Å². The van der Waals surface area contributed by atoms with Crippen molar-refractivity contribution in [1.29, 1.82) is 0 Å². The first-order valence-corrected chi connectivity index (χ1v) is 14.6. The molecule has 0 amide bonds. The molecule has 0 aromatic heterocycles. The standard InChI is InChI=1S/C26H27NO8S2/c1-26(2)18-9-4-5-10-19(18)27(3)21(26)12-11-15-7-6-8-16-13-17-14-20(36(29,30)31)22(28)25(37(32,33)34)24(17)35-23(15)16/h4-5,9-14,21,28H,6-8H2,1-3H3,(H,29,30,31)(H,32,33,34)/b12-11+. The second-order valence-electron chi connectivity index (χ2n) is 10.1. The van der Waals surface area contributed by atoms with Gasteiger partial charge in [0.05, 0.1) is 6.04 Å². The Bertz CT molecular complexity index is 1630. The lowest BCUT2D eigenvalue weighted by atomic mass is 9.80. The van der Waals surface area contributed by atoms with Crippen molar-refractivity contribution in [1.82, 2.24) is 0 Å². The molecule has 2 heterocycles. The predicted molar refractivity (Wildman–Crippen MR) is 138 cm³/mol. The van der Waals surface area contributed by atoms with E-state index in [9.17, 15) is 31.0 Å². The van der Waals surface area contributed by atoms with Gasteiger partial charge in [0.2, 0.25) is 0 Å². The minimum Gasteiger partial charge on any atom is -0.505 e. The molecule has 9 nitrogen and oxygen atoms in total. The van der Waals surface area contributed by atoms with E-state index in [1.807, 2.05) is 25.3 Å². The monoisotopic (exact) mass is 545 g/mol. The zero-order valence-corrected chi connectivity index (χ0v) is 22.1. The minimum atomic E-state index is -5.12. The molecule has 3 aliphatic rings. The molecular weight excluding hydrogens is 518 g/mol. The number of fused-ring (bicyclic) bond motifs is 3. The lowest BCUT2D eigenvalue weighted by Gasteiger charge is -2.31. The number of aromatic hydroxyl groups is 1. The van der Waals surface area contributed by atoms with Gasteiger partial charge in [-0.05, 0) is 54.2 Å². The number of para-hydroxylation sites is 1. The summed E-state index contributed by atoms with van der Waals surface area (Å²) in [4.78, 5) is 0.0640. The maximum Gasteiger partial charge on any atom is 0.302 e. The Morgan fingerprint density at radius 3 is 2.43 bits per heavy atom. The van der Waals surface area contributed by atoms with Crippen molar-refractivity contribution in [3.63, 3.8) is 0 Å². The van der Waals surface area contributed by atoms with Gasteiger partial charge in [-0.25, -0.2) is 0 Å². The lowest BCUT2D eigenvalue weighted by Crippen LogP contribution is -2.37. The van der Waals surface area contributed by atoms with Crippen molar-refractivity contribution >= 4 is 32.0 Å².